The number of hydrogen-bond acceptors (Lipinski definition) is 7. The van der Waals surface area contributed by atoms with E-state index < -0.39 is 24.0 Å². The smallest absolute Gasteiger partial charge is 0.377 e. The van der Waals surface area contributed by atoms with Gasteiger partial charge in [0.05, 0.1) is 24.9 Å². The van der Waals surface area contributed by atoms with Crippen LogP contribution in [0.5, 0.6) is 0 Å². The Balaban J connectivity index is 1.62. The average Bonchev–Trinajstić information content (AvgIpc) is 3.16. The number of aromatic nitrogens is 5. The van der Waals surface area contributed by atoms with E-state index in [1.807, 2.05) is 6.07 Å². The second kappa shape index (κ2) is 7.59. The number of anilines is 1. The van der Waals surface area contributed by atoms with Gasteiger partial charge in [-0.3, -0.25) is 9.78 Å². The van der Waals surface area contributed by atoms with E-state index in [0.29, 0.717) is 5.69 Å². The fourth-order valence-corrected chi connectivity index (χ4v) is 3.03. The van der Waals surface area contributed by atoms with Gasteiger partial charge in [-0.2, -0.15) is 18.3 Å². The van der Waals surface area contributed by atoms with Crippen LogP contribution in [-0.2, 0) is 10.9 Å². The summed E-state index contributed by atoms with van der Waals surface area (Å²) >= 11 is 0. The lowest BCUT2D eigenvalue weighted by Crippen LogP contribution is -2.37. The molecule has 150 valence electrons. The van der Waals surface area contributed by atoms with E-state index >= 15 is 0 Å². The van der Waals surface area contributed by atoms with Crippen LogP contribution < -0.4 is 10.9 Å². The first-order valence-electron chi connectivity index (χ1n) is 8.65. The van der Waals surface area contributed by atoms with E-state index in [9.17, 15) is 18.0 Å². The SMILES string of the molecule is O=c1ccc(-c2cccnc2)nn1C1COCC1Nc1cc(C(F)(F)F)ncn1. The Labute approximate surface area is 162 Å². The number of hydrogen-bond donors (Lipinski definition) is 1. The lowest BCUT2D eigenvalue weighted by molar-refractivity contribution is -0.141. The second-order valence-electron chi connectivity index (χ2n) is 6.38. The Kier molecular flexibility index (Phi) is 4.97. The fourth-order valence-electron chi connectivity index (χ4n) is 3.03. The van der Waals surface area contributed by atoms with Crippen molar-refractivity contribution in [3.8, 4) is 11.3 Å². The maximum absolute atomic E-state index is 12.9. The van der Waals surface area contributed by atoms with Gasteiger partial charge in [0.15, 0.2) is 0 Å². The normalized spacial score (nSPS) is 19.3. The summed E-state index contributed by atoms with van der Waals surface area (Å²) in [5, 5.41) is 7.30. The molecule has 1 aliphatic heterocycles. The van der Waals surface area contributed by atoms with E-state index in [1.54, 1.807) is 24.5 Å². The molecule has 3 aromatic heterocycles. The molecule has 0 aliphatic carbocycles. The van der Waals surface area contributed by atoms with Gasteiger partial charge in [-0.15, -0.1) is 0 Å². The molecule has 0 bridgehead atoms. The zero-order chi connectivity index (χ0) is 20.4. The van der Waals surface area contributed by atoms with Gasteiger partial charge in [0.2, 0.25) is 0 Å². The van der Waals surface area contributed by atoms with Crippen LogP contribution in [0.25, 0.3) is 11.3 Å². The highest BCUT2D eigenvalue weighted by Crippen LogP contribution is 2.29. The molecule has 3 aromatic rings. The Morgan fingerprint density at radius 2 is 2.03 bits per heavy atom. The van der Waals surface area contributed by atoms with Crippen molar-refractivity contribution in [3.05, 3.63) is 65.1 Å². The van der Waals surface area contributed by atoms with Crippen molar-refractivity contribution in [2.24, 2.45) is 0 Å². The molecule has 2 unspecified atom stereocenters. The van der Waals surface area contributed by atoms with E-state index in [1.165, 1.54) is 10.7 Å². The number of pyridine rings is 1. The molecule has 0 aromatic carbocycles. The Bertz CT molecular complexity index is 1060. The summed E-state index contributed by atoms with van der Waals surface area (Å²) in [5.74, 6) is -0.00992. The summed E-state index contributed by atoms with van der Waals surface area (Å²) in [6, 6.07) is 6.33. The minimum Gasteiger partial charge on any atom is -0.377 e. The van der Waals surface area contributed by atoms with Crippen LogP contribution in [-0.4, -0.2) is 44.0 Å². The highest BCUT2D eigenvalue weighted by Gasteiger charge is 2.35. The largest absolute Gasteiger partial charge is 0.433 e. The second-order valence-corrected chi connectivity index (χ2v) is 6.38. The number of ether oxygens (including phenoxy) is 1. The standard InChI is InChI=1S/C18H15F3N6O2/c19-18(20,21)15-6-16(24-10-23-15)25-13-8-29-9-14(13)27-17(28)4-3-12(26-27)11-2-1-5-22-7-11/h1-7,10,13-14H,8-9H2,(H,23,24,25). The van der Waals surface area contributed by atoms with Crippen molar-refractivity contribution in [1.29, 1.82) is 0 Å². The van der Waals surface area contributed by atoms with Gasteiger partial charge in [-0.25, -0.2) is 14.6 Å². The summed E-state index contributed by atoms with van der Waals surface area (Å²) < 4.78 is 45.4. The van der Waals surface area contributed by atoms with Crippen molar-refractivity contribution in [3.63, 3.8) is 0 Å². The summed E-state index contributed by atoms with van der Waals surface area (Å²) in [7, 11) is 0. The van der Waals surface area contributed by atoms with Crippen LogP contribution in [0.3, 0.4) is 0 Å². The van der Waals surface area contributed by atoms with E-state index in [2.05, 4.69) is 25.4 Å². The third kappa shape index (κ3) is 4.09. The first-order chi connectivity index (χ1) is 13.9. The maximum Gasteiger partial charge on any atom is 0.433 e. The number of nitrogens with zero attached hydrogens (tertiary/aromatic N) is 5. The van der Waals surface area contributed by atoms with Crippen LogP contribution >= 0.6 is 0 Å². The first kappa shape index (κ1) is 19.0. The van der Waals surface area contributed by atoms with Crippen LogP contribution in [0.2, 0.25) is 0 Å². The van der Waals surface area contributed by atoms with E-state index in [4.69, 9.17) is 4.74 Å². The molecule has 0 amide bonds. The molecule has 2 atom stereocenters. The molecule has 0 saturated carbocycles. The zero-order valence-electron chi connectivity index (χ0n) is 14.9. The zero-order valence-corrected chi connectivity index (χ0v) is 14.9. The van der Waals surface area contributed by atoms with Gasteiger partial charge in [-0.1, -0.05) is 0 Å². The van der Waals surface area contributed by atoms with Crippen molar-refractivity contribution >= 4 is 5.82 Å². The van der Waals surface area contributed by atoms with Gasteiger partial charge in [0.1, 0.15) is 23.9 Å². The molecule has 0 spiro atoms. The molecule has 0 radical (unpaired) electrons. The van der Waals surface area contributed by atoms with Crippen molar-refractivity contribution in [1.82, 2.24) is 24.7 Å². The van der Waals surface area contributed by atoms with Gasteiger partial charge < -0.3 is 10.1 Å². The van der Waals surface area contributed by atoms with Gasteiger partial charge in [0.25, 0.3) is 5.56 Å². The number of halogens is 3. The van der Waals surface area contributed by atoms with Gasteiger partial charge >= 0.3 is 6.18 Å². The Morgan fingerprint density at radius 1 is 1.17 bits per heavy atom. The maximum atomic E-state index is 12.9. The molecule has 11 heteroatoms. The number of nitrogens with one attached hydrogen (secondary N) is 1. The predicted molar refractivity (Wildman–Crippen MR) is 96.0 cm³/mol. The lowest BCUT2D eigenvalue weighted by atomic mass is 10.1. The molecule has 1 saturated heterocycles. The molecule has 4 heterocycles. The number of alkyl halides is 3. The summed E-state index contributed by atoms with van der Waals surface area (Å²) in [4.78, 5) is 23.5. The third-order valence-electron chi connectivity index (χ3n) is 4.44. The molecule has 1 aliphatic rings. The minimum absolute atomic E-state index is 0.00992. The summed E-state index contributed by atoms with van der Waals surface area (Å²) in [6.07, 6.45) is -0.496. The topological polar surface area (TPSA) is 94.8 Å². The van der Waals surface area contributed by atoms with Crippen molar-refractivity contribution in [2.45, 2.75) is 18.3 Å². The first-order valence-corrected chi connectivity index (χ1v) is 8.65. The Hall–Kier alpha value is -3.34. The van der Waals surface area contributed by atoms with Gasteiger partial charge in [-0.05, 0) is 18.2 Å². The molecule has 4 rings (SSSR count). The van der Waals surface area contributed by atoms with Crippen molar-refractivity contribution < 1.29 is 17.9 Å². The van der Waals surface area contributed by atoms with E-state index in [0.717, 1.165) is 18.0 Å². The number of rotatable bonds is 4. The molecule has 29 heavy (non-hydrogen) atoms. The molecule has 1 fully saturated rings. The fraction of sp³-hybridized carbons (Fsp3) is 0.278. The Morgan fingerprint density at radius 3 is 2.79 bits per heavy atom. The average molecular weight is 404 g/mol. The van der Waals surface area contributed by atoms with E-state index in [-0.39, 0.29) is 24.6 Å². The van der Waals surface area contributed by atoms with Crippen LogP contribution in [0.1, 0.15) is 11.7 Å². The monoisotopic (exact) mass is 404 g/mol. The summed E-state index contributed by atoms with van der Waals surface area (Å²) in [5.41, 5.74) is -0.127. The van der Waals surface area contributed by atoms with Crippen molar-refractivity contribution in [2.75, 3.05) is 18.5 Å². The van der Waals surface area contributed by atoms with Crippen LogP contribution in [0.4, 0.5) is 19.0 Å². The lowest BCUT2D eigenvalue weighted by Gasteiger charge is -2.21. The third-order valence-corrected chi connectivity index (χ3v) is 4.44. The quantitative estimate of drug-likeness (QED) is 0.712. The molecular weight excluding hydrogens is 389 g/mol. The van der Waals surface area contributed by atoms with Crippen LogP contribution in [0.15, 0.2) is 53.8 Å². The predicted octanol–water partition coefficient (Wildman–Crippen LogP) is 2.17. The highest BCUT2D eigenvalue weighted by molar-refractivity contribution is 5.56. The highest BCUT2D eigenvalue weighted by atomic mass is 19.4. The summed E-state index contributed by atoms with van der Waals surface area (Å²) in [6.45, 7) is 0.361. The van der Waals surface area contributed by atoms with Crippen LogP contribution in [0, 0.1) is 0 Å². The molecule has 8 nitrogen and oxygen atoms in total. The molecule has 1 N–H and O–H groups in total. The van der Waals surface area contributed by atoms with Gasteiger partial charge in [0, 0.05) is 30.1 Å². The minimum atomic E-state index is -4.58. The molecular formula is C18H15F3N6O2.